The molecule has 0 spiro atoms. The average molecular weight is 436 g/mol. The molecule has 134 valence electrons. The summed E-state index contributed by atoms with van der Waals surface area (Å²) in [7, 11) is 1.80. The Morgan fingerprint density at radius 1 is 1.26 bits per heavy atom. The number of aromatic nitrogens is 3. The van der Waals surface area contributed by atoms with E-state index in [1.807, 2.05) is 4.57 Å². The number of nitrogens with zero attached hydrogens (tertiary/aromatic N) is 4. The minimum atomic E-state index is 0. The van der Waals surface area contributed by atoms with E-state index in [9.17, 15) is 0 Å². The molecule has 0 aliphatic rings. The lowest BCUT2D eigenvalue weighted by molar-refractivity contribution is 0.318. The van der Waals surface area contributed by atoms with Crippen molar-refractivity contribution in [2.75, 3.05) is 13.6 Å². The second-order valence-electron chi connectivity index (χ2n) is 6.43. The van der Waals surface area contributed by atoms with E-state index in [1.165, 1.54) is 25.7 Å². The molecule has 0 amide bonds. The Kier molecular flexibility index (Phi) is 11.2. The molecular formula is C16H33IN6. The monoisotopic (exact) mass is 436 g/mol. The maximum absolute atomic E-state index is 4.28. The predicted octanol–water partition coefficient (Wildman–Crippen LogP) is 3.19. The molecule has 0 radical (unpaired) electrons. The molecule has 1 aromatic heterocycles. The molecule has 7 heteroatoms. The van der Waals surface area contributed by atoms with Crippen LogP contribution >= 0.6 is 24.0 Å². The number of aryl methyl sites for hydroxylation is 1. The number of rotatable bonds is 9. The van der Waals surface area contributed by atoms with Crippen LogP contribution in [-0.2, 0) is 13.1 Å². The zero-order valence-electron chi connectivity index (χ0n) is 15.2. The van der Waals surface area contributed by atoms with Crippen LogP contribution in [0.15, 0.2) is 11.3 Å². The molecule has 0 bridgehead atoms. The Labute approximate surface area is 158 Å². The zero-order chi connectivity index (χ0) is 16.4. The summed E-state index contributed by atoms with van der Waals surface area (Å²) in [4.78, 5) is 4.28. The summed E-state index contributed by atoms with van der Waals surface area (Å²) in [5, 5.41) is 14.8. The highest BCUT2D eigenvalue weighted by Gasteiger charge is 2.17. The van der Waals surface area contributed by atoms with Gasteiger partial charge in [0.25, 0.3) is 0 Å². The first kappa shape index (κ1) is 22.1. The maximum Gasteiger partial charge on any atom is 0.191 e. The number of aliphatic imine (C=N–C) groups is 1. The zero-order valence-corrected chi connectivity index (χ0v) is 17.6. The third-order valence-corrected chi connectivity index (χ3v) is 3.87. The molecule has 1 aromatic rings. The van der Waals surface area contributed by atoms with Crippen LogP contribution in [0.3, 0.4) is 0 Å². The summed E-state index contributed by atoms with van der Waals surface area (Å²) >= 11 is 0. The SMILES string of the molecule is CCCCCC(C)(C)CNC(=NC)NCc1nncn1CC.I. The molecule has 0 fully saturated rings. The normalized spacial score (nSPS) is 12.0. The summed E-state index contributed by atoms with van der Waals surface area (Å²) in [6.45, 7) is 11.3. The smallest absolute Gasteiger partial charge is 0.191 e. The van der Waals surface area contributed by atoms with E-state index in [0.717, 1.165) is 24.9 Å². The number of nitrogens with one attached hydrogen (secondary N) is 2. The average Bonchev–Trinajstić information content (AvgIpc) is 2.95. The number of hydrogen-bond donors (Lipinski definition) is 2. The minimum absolute atomic E-state index is 0. The van der Waals surface area contributed by atoms with Gasteiger partial charge in [-0.2, -0.15) is 0 Å². The Bertz CT molecular complexity index is 455. The summed E-state index contributed by atoms with van der Waals surface area (Å²) < 4.78 is 2.02. The summed E-state index contributed by atoms with van der Waals surface area (Å²) in [5.41, 5.74) is 0.274. The standard InChI is InChI=1S/C16H32N6.HI/c1-6-8-9-10-16(3,4)12-19-15(17-5)18-11-14-21-20-13-22(14)7-2;/h13H,6-12H2,1-5H3,(H2,17,18,19);1H. The molecule has 0 saturated heterocycles. The first-order valence-corrected chi connectivity index (χ1v) is 8.33. The van der Waals surface area contributed by atoms with Crippen LogP contribution in [0.25, 0.3) is 0 Å². The van der Waals surface area contributed by atoms with Gasteiger partial charge in [-0.1, -0.05) is 40.0 Å². The highest BCUT2D eigenvalue weighted by molar-refractivity contribution is 14.0. The highest BCUT2D eigenvalue weighted by atomic mass is 127. The second-order valence-corrected chi connectivity index (χ2v) is 6.43. The van der Waals surface area contributed by atoms with Crippen molar-refractivity contribution in [1.29, 1.82) is 0 Å². The third-order valence-electron chi connectivity index (χ3n) is 3.87. The van der Waals surface area contributed by atoms with Crippen molar-refractivity contribution in [1.82, 2.24) is 25.4 Å². The van der Waals surface area contributed by atoms with E-state index < -0.39 is 0 Å². The van der Waals surface area contributed by atoms with Gasteiger partial charge in [-0.3, -0.25) is 4.99 Å². The Morgan fingerprint density at radius 2 is 2.00 bits per heavy atom. The highest BCUT2D eigenvalue weighted by Crippen LogP contribution is 2.22. The Balaban J connectivity index is 0.00000484. The van der Waals surface area contributed by atoms with E-state index in [0.29, 0.717) is 6.54 Å². The maximum atomic E-state index is 4.28. The van der Waals surface area contributed by atoms with Crippen molar-refractivity contribution in [2.24, 2.45) is 10.4 Å². The molecule has 0 unspecified atom stereocenters. The number of unbranched alkanes of at least 4 members (excludes halogenated alkanes) is 2. The Morgan fingerprint density at radius 3 is 2.61 bits per heavy atom. The van der Waals surface area contributed by atoms with Gasteiger partial charge in [0.2, 0.25) is 0 Å². The molecule has 0 saturated carbocycles. The van der Waals surface area contributed by atoms with Crippen molar-refractivity contribution in [3.05, 3.63) is 12.2 Å². The largest absolute Gasteiger partial charge is 0.356 e. The number of guanidine groups is 1. The topological polar surface area (TPSA) is 67.1 Å². The van der Waals surface area contributed by atoms with Gasteiger partial charge >= 0.3 is 0 Å². The van der Waals surface area contributed by atoms with Gasteiger partial charge in [-0.05, 0) is 18.8 Å². The first-order chi connectivity index (χ1) is 10.5. The van der Waals surface area contributed by atoms with Crippen LogP contribution in [0.1, 0.15) is 59.2 Å². The molecule has 0 aliphatic carbocycles. The molecule has 0 atom stereocenters. The van der Waals surface area contributed by atoms with Gasteiger partial charge in [0.1, 0.15) is 6.33 Å². The van der Waals surface area contributed by atoms with Gasteiger partial charge < -0.3 is 15.2 Å². The van der Waals surface area contributed by atoms with E-state index >= 15 is 0 Å². The molecule has 1 heterocycles. The van der Waals surface area contributed by atoms with E-state index in [-0.39, 0.29) is 29.4 Å². The van der Waals surface area contributed by atoms with Crippen molar-refractivity contribution in [2.45, 2.75) is 66.5 Å². The van der Waals surface area contributed by atoms with Crippen LogP contribution in [-0.4, -0.2) is 34.3 Å². The van der Waals surface area contributed by atoms with Gasteiger partial charge in [0, 0.05) is 20.1 Å². The molecule has 6 nitrogen and oxygen atoms in total. The quantitative estimate of drug-likeness (QED) is 0.270. The van der Waals surface area contributed by atoms with Crippen molar-refractivity contribution in [3.63, 3.8) is 0 Å². The van der Waals surface area contributed by atoms with Gasteiger partial charge in [0.15, 0.2) is 11.8 Å². The number of halogens is 1. The fourth-order valence-electron chi connectivity index (χ4n) is 2.33. The first-order valence-electron chi connectivity index (χ1n) is 8.33. The van der Waals surface area contributed by atoms with Crippen LogP contribution in [0.5, 0.6) is 0 Å². The van der Waals surface area contributed by atoms with Crippen molar-refractivity contribution >= 4 is 29.9 Å². The third kappa shape index (κ3) is 8.53. The second kappa shape index (κ2) is 11.6. The summed E-state index contributed by atoms with van der Waals surface area (Å²) in [5.74, 6) is 1.74. The van der Waals surface area contributed by atoms with E-state index in [1.54, 1.807) is 13.4 Å². The van der Waals surface area contributed by atoms with Crippen molar-refractivity contribution in [3.8, 4) is 0 Å². The van der Waals surface area contributed by atoms with Crippen LogP contribution in [0, 0.1) is 5.41 Å². The lowest BCUT2D eigenvalue weighted by Crippen LogP contribution is -2.42. The molecule has 0 aliphatic heterocycles. The van der Waals surface area contributed by atoms with Gasteiger partial charge in [0.05, 0.1) is 6.54 Å². The summed E-state index contributed by atoms with van der Waals surface area (Å²) in [6, 6.07) is 0. The van der Waals surface area contributed by atoms with Gasteiger partial charge in [-0.15, -0.1) is 34.2 Å². The fraction of sp³-hybridized carbons (Fsp3) is 0.812. The predicted molar refractivity (Wildman–Crippen MR) is 107 cm³/mol. The molecule has 23 heavy (non-hydrogen) atoms. The van der Waals surface area contributed by atoms with Crippen LogP contribution in [0.2, 0.25) is 0 Å². The number of hydrogen-bond acceptors (Lipinski definition) is 3. The fourth-order valence-corrected chi connectivity index (χ4v) is 2.33. The van der Waals surface area contributed by atoms with E-state index in [4.69, 9.17) is 0 Å². The Hall–Kier alpha value is -0.860. The van der Waals surface area contributed by atoms with E-state index in [2.05, 4.69) is 53.5 Å². The lowest BCUT2D eigenvalue weighted by atomic mass is 9.87. The van der Waals surface area contributed by atoms with Crippen LogP contribution < -0.4 is 10.6 Å². The van der Waals surface area contributed by atoms with Crippen LogP contribution in [0.4, 0.5) is 0 Å². The minimum Gasteiger partial charge on any atom is -0.356 e. The summed E-state index contributed by atoms with van der Waals surface area (Å²) in [6.07, 6.45) is 6.85. The molecule has 2 N–H and O–H groups in total. The lowest BCUT2D eigenvalue weighted by Gasteiger charge is -2.26. The molecule has 1 rings (SSSR count). The van der Waals surface area contributed by atoms with Crippen molar-refractivity contribution < 1.29 is 0 Å². The molecular weight excluding hydrogens is 403 g/mol. The molecule has 0 aromatic carbocycles. The van der Waals surface area contributed by atoms with Gasteiger partial charge in [-0.25, -0.2) is 0 Å².